The molecule has 0 saturated carbocycles. The molecule has 0 aliphatic carbocycles. The van der Waals surface area contributed by atoms with Gasteiger partial charge in [-0.15, -0.1) is 0 Å². The van der Waals surface area contributed by atoms with E-state index in [1.807, 2.05) is 22.8 Å². The number of halogens is 3. The van der Waals surface area contributed by atoms with Crippen LogP contribution in [0.2, 0.25) is 10.0 Å². The molecule has 4 rings (SSSR count). The minimum absolute atomic E-state index is 0. The number of aryl methyl sites for hydroxylation is 1. The van der Waals surface area contributed by atoms with E-state index in [9.17, 15) is 4.79 Å². The van der Waals surface area contributed by atoms with Crippen LogP contribution in [0.3, 0.4) is 0 Å². The Kier molecular flexibility index (Phi) is 5.23. The molecular formula is C18H16Cl3N3O. The van der Waals surface area contributed by atoms with E-state index >= 15 is 0 Å². The Morgan fingerprint density at radius 1 is 1.20 bits per heavy atom. The first kappa shape index (κ1) is 18.1. The zero-order valence-corrected chi connectivity index (χ0v) is 15.6. The second kappa shape index (κ2) is 7.24. The highest BCUT2D eigenvalue weighted by Gasteiger charge is 2.27. The molecule has 0 amide bonds. The highest BCUT2D eigenvalue weighted by Crippen LogP contribution is 2.24. The number of rotatable bonds is 3. The molecule has 4 nitrogen and oxygen atoms in total. The molecule has 0 spiro atoms. The van der Waals surface area contributed by atoms with Crippen LogP contribution in [0.25, 0.3) is 11.0 Å². The lowest BCUT2D eigenvalue weighted by molar-refractivity contribution is -0.661. The SMILES string of the molecule is O=C(Cn1c2[n+](c3ccccc31)CCCN2)c1ccc(Cl)cc1Cl.[Cl-]. The van der Waals surface area contributed by atoms with Crippen LogP contribution >= 0.6 is 23.2 Å². The van der Waals surface area contributed by atoms with Gasteiger partial charge in [0.1, 0.15) is 17.6 Å². The largest absolute Gasteiger partial charge is 1.00 e. The van der Waals surface area contributed by atoms with Crippen molar-refractivity contribution in [2.45, 2.75) is 19.5 Å². The van der Waals surface area contributed by atoms with E-state index in [4.69, 9.17) is 23.2 Å². The van der Waals surface area contributed by atoms with Crippen LogP contribution < -0.4 is 22.3 Å². The lowest BCUT2D eigenvalue weighted by Gasteiger charge is -2.11. The van der Waals surface area contributed by atoms with Gasteiger partial charge in [-0.2, -0.15) is 0 Å². The van der Waals surface area contributed by atoms with Crippen molar-refractivity contribution in [3.8, 4) is 0 Å². The smallest absolute Gasteiger partial charge is 0.358 e. The number of ketones is 1. The van der Waals surface area contributed by atoms with E-state index in [-0.39, 0.29) is 24.7 Å². The third kappa shape index (κ3) is 3.22. The van der Waals surface area contributed by atoms with Crippen molar-refractivity contribution < 1.29 is 21.8 Å². The molecule has 2 aromatic carbocycles. The summed E-state index contributed by atoms with van der Waals surface area (Å²) in [7, 11) is 0. The summed E-state index contributed by atoms with van der Waals surface area (Å²) < 4.78 is 4.26. The molecule has 1 aliphatic heterocycles. The van der Waals surface area contributed by atoms with Gasteiger partial charge in [-0.3, -0.25) is 10.1 Å². The van der Waals surface area contributed by atoms with E-state index in [1.165, 1.54) is 0 Å². The Labute approximate surface area is 161 Å². The summed E-state index contributed by atoms with van der Waals surface area (Å²) >= 11 is 12.1. The Morgan fingerprint density at radius 2 is 2.00 bits per heavy atom. The Bertz CT molecular complexity index is 952. The molecule has 130 valence electrons. The van der Waals surface area contributed by atoms with Crippen LogP contribution in [-0.4, -0.2) is 16.9 Å². The van der Waals surface area contributed by atoms with Gasteiger partial charge in [-0.25, -0.2) is 9.13 Å². The first-order valence-electron chi connectivity index (χ1n) is 7.88. The number of aromatic nitrogens is 2. The maximum absolute atomic E-state index is 12.8. The molecule has 0 bridgehead atoms. The monoisotopic (exact) mass is 395 g/mol. The molecule has 1 N–H and O–H groups in total. The third-order valence-electron chi connectivity index (χ3n) is 4.35. The number of Topliss-reactive ketones (excluding diaryl/α,β-unsaturated/α-hetero) is 1. The summed E-state index contributed by atoms with van der Waals surface area (Å²) in [4.78, 5) is 12.8. The molecule has 7 heteroatoms. The maximum Gasteiger partial charge on any atom is 0.358 e. The summed E-state index contributed by atoms with van der Waals surface area (Å²) in [6.45, 7) is 2.09. The second-order valence-electron chi connectivity index (χ2n) is 5.88. The van der Waals surface area contributed by atoms with Crippen LogP contribution in [-0.2, 0) is 13.1 Å². The van der Waals surface area contributed by atoms with Crippen LogP contribution in [0.5, 0.6) is 0 Å². The van der Waals surface area contributed by atoms with Crippen molar-refractivity contribution in [1.29, 1.82) is 0 Å². The van der Waals surface area contributed by atoms with Crippen molar-refractivity contribution in [2.75, 3.05) is 11.9 Å². The first-order valence-corrected chi connectivity index (χ1v) is 8.64. The number of fused-ring (bicyclic) bond motifs is 3. The fourth-order valence-electron chi connectivity index (χ4n) is 3.25. The molecule has 1 aromatic heterocycles. The number of carbonyl (C=O) groups excluding carboxylic acids is 1. The topological polar surface area (TPSA) is 37.9 Å². The summed E-state index contributed by atoms with van der Waals surface area (Å²) in [6, 6.07) is 13.1. The number of anilines is 1. The summed E-state index contributed by atoms with van der Waals surface area (Å²) in [5.74, 6) is 0.939. The number of para-hydroxylation sites is 2. The van der Waals surface area contributed by atoms with Gasteiger partial charge in [0.25, 0.3) is 0 Å². The van der Waals surface area contributed by atoms with Crippen LogP contribution in [0.4, 0.5) is 5.95 Å². The molecule has 1 aliphatic rings. The zero-order chi connectivity index (χ0) is 16.7. The molecule has 0 fully saturated rings. The predicted molar refractivity (Wildman–Crippen MR) is 96.0 cm³/mol. The summed E-state index contributed by atoms with van der Waals surface area (Å²) in [5, 5.41) is 4.33. The third-order valence-corrected chi connectivity index (χ3v) is 4.90. The van der Waals surface area contributed by atoms with Crippen molar-refractivity contribution in [1.82, 2.24) is 4.57 Å². The van der Waals surface area contributed by atoms with Crippen LogP contribution in [0.1, 0.15) is 16.8 Å². The van der Waals surface area contributed by atoms with E-state index < -0.39 is 0 Å². The summed E-state index contributed by atoms with van der Waals surface area (Å²) in [6.07, 6.45) is 1.07. The maximum atomic E-state index is 12.8. The number of imidazole rings is 1. The average molecular weight is 397 g/mol. The van der Waals surface area contributed by atoms with Gasteiger partial charge in [-0.05, 0) is 30.3 Å². The normalized spacial score (nSPS) is 13.0. The van der Waals surface area contributed by atoms with E-state index in [0.29, 0.717) is 15.6 Å². The van der Waals surface area contributed by atoms with Crippen LogP contribution in [0, 0.1) is 0 Å². The number of hydrogen-bond donors (Lipinski definition) is 1. The number of hydrogen-bond acceptors (Lipinski definition) is 2. The van der Waals surface area contributed by atoms with Crippen LogP contribution in [0.15, 0.2) is 42.5 Å². The van der Waals surface area contributed by atoms with Gasteiger partial charge < -0.3 is 12.4 Å². The fraction of sp³-hybridized carbons (Fsp3) is 0.222. The van der Waals surface area contributed by atoms with Crippen molar-refractivity contribution in [2.24, 2.45) is 0 Å². The summed E-state index contributed by atoms with van der Waals surface area (Å²) in [5.41, 5.74) is 2.67. The molecule has 3 aromatic rings. The fourth-order valence-corrected chi connectivity index (χ4v) is 3.77. The molecule has 25 heavy (non-hydrogen) atoms. The molecule has 2 heterocycles. The van der Waals surface area contributed by atoms with Crippen molar-refractivity contribution >= 4 is 46.0 Å². The minimum Gasteiger partial charge on any atom is -1.00 e. The number of nitrogens with one attached hydrogen (secondary N) is 1. The van der Waals surface area contributed by atoms with E-state index in [0.717, 1.165) is 36.5 Å². The standard InChI is InChI=1S/C18H15Cl2N3O.ClH/c19-12-6-7-13(14(20)10-12)17(24)11-23-16-5-2-1-4-15(16)22-9-3-8-21-18(22)23;/h1-2,4-7,10H,3,8-9,11H2;1H. The quantitative estimate of drug-likeness (QED) is 0.528. The lowest BCUT2D eigenvalue weighted by atomic mass is 10.1. The molecule has 0 radical (unpaired) electrons. The first-order chi connectivity index (χ1) is 11.6. The Morgan fingerprint density at radius 3 is 2.80 bits per heavy atom. The number of benzene rings is 2. The average Bonchev–Trinajstić information content (AvgIpc) is 2.89. The highest BCUT2D eigenvalue weighted by molar-refractivity contribution is 6.36. The Hall–Kier alpha value is -1.75. The van der Waals surface area contributed by atoms with E-state index in [1.54, 1.807) is 18.2 Å². The van der Waals surface area contributed by atoms with Crippen molar-refractivity contribution in [3.63, 3.8) is 0 Å². The molecule has 0 saturated heterocycles. The van der Waals surface area contributed by atoms with Gasteiger partial charge in [0.2, 0.25) is 0 Å². The second-order valence-corrected chi connectivity index (χ2v) is 6.72. The number of nitrogens with zero attached hydrogens (tertiary/aromatic N) is 2. The molecular weight excluding hydrogens is 381 g/mol. The van der Waals surface area contributed by atoms with Gasteiger partial charge in [-0.1, -0.05) is 35.3 Å². The van der Waals surface area contributed by atoms with Gasteiger partial charge in [0, 0.05) is 17.0 Å². The minimum atomic E-state index is -0.0341. The van der Waals surface area contributed by atoms with Gasteiger partial charge >= 0.3 is 5.95 Å². The molecule has 0 unspecified atom stereocenters. The lowest BCUT2D eigenvalue weighted by Crippen LogP contribution is -3.00. The highest BCUT2D eigenvalue weighted by atomic mass is 35.5. The van der Waals surface area contributed by atoms with Crippen molar-refractivity contribution in [3.05, 3.63) is 58.1 Å². The van der Waals surface area contributed by atoms with E-state index in [2.05, 4.69) is 16.0 Å². The Balaban J connectivity index is 0.00000182. The zero-order valence-electron chi connectivity index (χ0n) is 13.3. The van der Waals surface area contributed by atoms with Gasteiger partial charge in [0.15, 0.2) is 5.78 Å². The molecule has 0 atom stereocenters. The predicted octanol–water partition coefficient (Wildman–Crippen LogP) is 0.938. The van der Waals surface area contributed by atoms with Gasteiger partial charge in [0.05, 0.1) is 18.1 Å². The number of carbonyl (C=O) groups is 1.